The Morgan fingerprint density at radius 1 is 1.21 bits per heavy atom. The van der Waals surface area contributed by atoms with E-state index in [0.717, 1.165) is 0 Å². The number of hydrogen-bond acceptors (Lipinski definition) is 4. The summed E-state index contributed by atoms with van der Waals surface area (Å²) >= 11 is 0. The van der Waals surface area contributed by atoms with Gasteiger partial charge < -0.3 is 14.2 Å². The molecule has 80 valence electrons. The molecule has 0 aromatic heterocycles. The lowest BCUT2D eigenvalue weighted by molar-refractivity contribution is -0.182. The van der Waals surface area contributed by atoms with E-state index in [1.54, 1.807) is 0 Å². The Balaban J connectivity index is 2.19. The van der Waals surface area contributed by atoms with E-state index in [1.165, 1.54) is 0 Å². The molecule has 2 atom stereocenters. The van der Waals surface area contributed by atoms with Gasteiger partial charge in [0.05, 0.1) is 0 Å². The third kappa shape index (κ3) is 1.64. The number of carbonyl (C=O) groups excluding carboxylic acids is 1. The van der Waals surface area contributed by atoms with Gasteiger partial charge in [-0.05, 0) is 27.7 Å². The van der Waals surface area contributed by atoms with Crippen molar-refractivity contribution in [2.75, 3.05) is 0 Å². The Hall–Kier alpha value is -0.610. The van der Waals surface area contributed by atoms with Crippen molar-refractivity contribution in [2.24, 2.45) is 0 Å². The second-order valence-corrected chi connectivity index (χ2v) is 4.98. The fourth-order valence-corrected chi connectivity index (χ4v) is 2.04. The van der Waals surface area contributed by atoms with Gasteiger partial charge in [0.1, 0.15) is 11.7 Å². The molecule has 0 radical (unpaired) electrons. The number of cyclic esters (lactones) is 1. The molecule has 4 heteroatoms. The lowest BCUT2D eigenvalue weighted by Gasteiger charge is -2.34. The van der Waals surface area contributed by atoms with Crippen molar-refractivity contribution in [3.63, 3.8) is 0 Å². The minimum absolute atomic E-state index is 0.166. The van der Waals surface area contributed by atoms with Gasteiger partial charge >= 0.3 is 5.97 Å². The molecule has 0 N–H and O–H groups in total. The van der Waals surface area contributed by atoms with E-state index in [4.69, 9.17) is 14.2 Å². The van der Waals surface area contributed by atoms with Crippen molar-refractivity contribution in [1.82, 2.24) is 0 Å². The van der Waals surface area contributed by atoms with E-state index >= 15 is 0 Å². The normalized spacial score (nSPS) is 39.0. The van der Waals surface area contributed by atoms with Gasteiger partial charge in [-0.2, -0.15) is 0 Å². The second kappa shape index (κ2) is 2.70. The number of ether oxygens (including phenoxy) is 3. The monoisotopic (exact) mass is 200 g/mol. The van der Waals surface area contributed by atoms with Crippen molar-refractivity contribution in [3.8, 4) is 0 Å². The molecule has 4 nitrogen and oxygen atoms in total. The zero-order valence-corrected chi connectivity index (χ0v) is 8.99. The van der Waals surface area contributed by atoms with Crippen molar-refractivity contribution >= 4 is 5.97 Å². The molecular weight excluding hydrogens is 184 g/mol. The van der Waals surface area contributed by atoms with Crippen LogP contribution in [0, 0.1) is 0 Å². The Bertz CT molecular complexity index is 269. The first-order valence-electron chi connectivity index (χ1n) is 4.88. The third-order valence-electron chi connectivity index (χ3n) is 2.49. The minimum Gasteiger partial charge on any atom is -0.458 e. The van der Waals surface area contributed by atoms with Gasteiger partial charge in [-0.15, -0.1) is 0 Å². The van der Waals surface area contributed by atoms with E-state index in [1.807, 2.05) is 27.7 Å². The fourth-order valence-electron chi connectivity index (χ4n) is 2.04. The van der Waals surface area contributed by atoms with Crippen LogP contribution in [0.2, 0.25) is 0 Å². The second-order valence-electron chi connectivity index (χ2n) is 4.98. The quantitative estimate of drug-likeness (QED) is 0.552. The maximum atomic E-state index is 11.6. The van der Waals surface area contributed by atoms with Crippen molar-refractivity contribution < 1.29 is 19.0 Å². The Morgan fingerprint density at radius 3 is 2.50 bits per heavy atom. The molecule has 2 heterocycles. The lowest BCUT2D eigenvalue weighted by atomic mass is 9.94. The Morgan fingerprint density at radius 2 is 1.86 bits per heavy atom. The molecule has 0 aromatic rings. The Labute approximate surface area is 83.5 Å². The summed E-state index contributed by atoms with van der Waals surface area (Å²) in [6.07, 6.45) is -0.0217. The summed E-state index contributed by atoms with van der Waals surface area (Å²) in [5.74, 6) is -0.980. The zero-order chi connectivity index (χ0) is 10.6. The summed E-state index contributed by atoms with van der Waals surface area (Å²) < 4.78 is 16.3. The number of fused-ring (bicyclic) bond motifs is 1. The molecule has 0 aliphatic carbocycles. The summed E-state index contributed by atoms with van der Waals surface area (Å²) in [5, 5.41) is 0. The van der Waals surface area contributed by atoms with Gasteiger partial charge in [0.15, 0.2) is 11.9 Å². The molecule has 2 rings (SSSR count). The lowest BCUT2D eigenvalue weighted by Crippen LogP contribution is -2.48. The van der Waals surface area contributed by atoms with Gasteiger partial charge in [0, 0.05) is 6.42 Å². The van der Waals surface area contributed by atoms with Crippen LogP contribution < -0.4 is 0 Å². The van der Waals surface area contributed by atoms with Gasteiger partial charge in [-0.1, -0.05) is 0 Å². The minimum atomic E-state index is -0.672. The first kappa shape index (κ1) is 9.93. The zero-order valence-electron chi connectivity index (χ0n) is 8.99. The van der Waals surface area contributed by atoms with E-state index in [0.29, 0.717) is 6.42 Å². The maximum Gasteiger partial charge on any atom is 0.338 e. The average molecular weight is 200 g/mol. The maximum absolute atomic E-state index is 11.6. The van der Waals surface area contributed by atoms with Gasteiger partial charge in [0.25, 0.3) is 0 Å². The molecule has 2 aliphatic heterocycles. The van der Waals surface area contributed by atoms with Crippen molar-refractivity contribution in [2.45, 2.75) is 57.7 Å². The van der Waals surface area contributed by atoms with E-state index in [-0.39, 0.29) is 12.1 Å². The molecule has 0 amide bonds. The molecule has 1 unspecified atom stereocenters. The van der Waals surface area contributed by atoms with Crippen LogP contribution in [0.15, 0.2) is 0 Å². The number of carbonyl (C=O) groups is 1. The molecular formula is C10H16O4. The van der Waals surface area contributed by atoms with Gasteiger partial charge in [0.2, 0.25) is 0 Å². The highest BCUT2D eigenvalue weighted by Gasteiger charge is 2.52. The van der Waals surface area contributed by atoms with E-state index in [9.17, 15) is 4.79 Å². The highest BCUT2D eigenvalue weighted by Crippen LogP contribution is 2.38. The molecule has 2 fully saturated rings. The van der Waals surface area contributed by atoms with E-state index < -0.39 is 17.5 Å². The number of esters is 1. The van der Waals surface area contributed by atoms with Crippen LogP contribution in [0.25, 0.3) is 0 Å². The Kier molecular flexibility index (Phi) is 1.92. The summed E-state index contributed by atoms with van der Waals surface area (Å²) in [6.45, 7) is 7.39. The molecule has 2 saturated heterocycles. The SMILES string of the molecule is CC1(C)CC2OC(C)(C)O[C@H]2C(=O)O1. The van der Waals surface area contributed by atoms with Crippen LogP contribution >= 0.6 is 0 Å². The van der Waals surface area contributed by atoms with Gasteiger partial charge in [-0.25, -0.2) is 4.79 Å². The molecule has 0 bridgehead atoms. The van der Waals surface area contributed by atoms with Crippen LogP contribution in [0.3, 0.4) is 0 Å². The first-order valence-corrected chi connectivity index (χ1v) is 4.88. The van der Waals surface area contributed by atoms with Crippen LogP contribution in [0.4, 0.5) is 0 Å². The highest BCUT2D eigenvalue weighted by atomic mass is 16.8. The molecule has 0 saturated carbocycles. The fraction of sp³-hybridized carbons (Fsp3) is 0.900. The summed E-state index contributed by atoms with van der Waals surface area (Å²) in [4.78, 5) is 11.6. The highest BCUT2D eigenvalue weighted by molar-refractivity contribution is 5.77. The average Bonchev–Trinajstić information content (AvgIpc) is 2.21. The summed E-state index contributed by atoms with van der Waals surface area (Å²) in [6, 6.07) is 0. The predicted octanol–water partition coefficient (Wildman–Crippen LogP) is 1.23. The van der Waals surface area contributed by atoms with Crippen LogP contribution in [0.1, 0.15) is 34.1 Å². The topological polar surface area (TPSA) is 44.8 Å². The molecule has 14 heavy (non-hydrogen) atoms. The van der Waals surface area contributed by atoms with Crippen molar-refractivity contribution in [1.29, 1.82) is 0 Å². The largest absolute Gasteiger partial charge is 0.458 e. The summed E-state index contributed by atoms with van der Waals surface area (Å²) in [5.41, 5.74) is -0.442. The van der Waals surface area contributed by atoms with E-state index in [2.05, 4.69) is 0 Å². The molecule has 0 aromatic carbocycles. The number of rotatable bonds is 0. The first-order chi connectivity index (χ1) is 6.29. The summed E-state index contributed by atoms with van der Waals surface area (Å²) in [7, 11) is 0. The standard InChI is InChI=1S/C10H16O4/c1-9(2)5-6-7(8(11)14-9)13-10(3,4)12-6/h6-7H,5H2,1-4H3/t6?,7-/m1/s1. The van der Waals surface area contributed by atoms with Crippen molar-refractivity contribution in [3.05, 3.63) is 0 Å². The van der Waals surface area contributed by atoms with Crippen LogP contribution in [-0.2, 0) is 19.0 Å². The molecule has 2 aliphatic rings. The molecule has 0 spiro atoms. The third-order valence-corrected chi connectivity index (χ3v) is 2.49. The number of hydrogen-bond donors (Lipinski definition) is 0. The van der Waals surface area contributed by atoms with Crippen LogP contribution in [0.5, 0.6) is 0 Å². The predicted molar refractivity (Wildman–Crippen MR) is 48.6 cm³/mol. The smallest absolute Gasteiger partial charge is 0.338 e. The van der Waals surface area contributed by atoms with Crippen LogP contribution in [-0.4, -0.2) is 29.6 Å². The van der Waals surface area contributed by atoms with Gasteiger partial charge in [-0.3, -0.25) is 0 Å².